The van der Waals surface area contributed by atoms with Gasteiger partial charge >= 0.3 is 17.4 Å². The molecule has 1 heterocycles. The zero-order valence-corrected chi connectivity index (χ0v) is 13.0. The van der Waals surface area contributed by atoms with Gasteiger partial charge in [-0.25, -0.2) is 0 Å². The quantitative estimate of drug-likeness (QED) is 0.491. The number of halogens is 4. The molecule has 128 valence electrons. The Bertz CT molecular complexity index is 1050. The predicted octanol–water partition coefficient (Wildman–Crippen LogP) is 4.57. The summed E-state index contributed by atoms with van der Waals surface area (Å²) < 4.78 is 39.9. The zero-order chi connectivity index (χ0) is 18.4. The Kier molecular flexibility index (Phi) is 4.00. The number of benzene rings is 2. The average Bonchev–Trinajstić information content (AvgIpc) is 2.54. The second-order valence-corrected chi connectivity index (χ2v) is 5.50. The summed E-state index contributed by atoms with van der Waals surface area (Å²) in [4.78, 5) is 22.8. The minimum absolute atomic E-state index is 0.0233. The van der Waals surface area contributed by atoms with Crippen molar-refractivity contribution in [3.05, 3.63) is 79.6 Å². The van der Waals surface area contributed by atoms with Crippen LogP contribution in [0.3, 0.4) is 0 Å². The summed E-state index contributed by atoms with van der Waals surface area (Å²) in [6.45, 7) is 0. The van der Waals surface area contributed by atoms with Gasteiger partial charge in [0.25, 0.3) is 0 Å². The van der Waals surface area contributed by atoms with E-state index in [9.17, 15) is 28.1 Å². The highest BCUT2D eigenvalue weighted by molar-refractivity contribution is 6.37. The lowest BCUT2D eigenvalue weighted by molar-refractivity contribution is -0.386. The number of alkyl halides is 3. The van der Waals surface area contributed by atoms with Crippen LogP contribution >= 0.6 is 11.6 Å². The van der Waals surface area contributed by atoms with Gasteiger partial charge < -0.3 is 0 Å². The van der Waals surface area contributed by atoms with Crippen molar-refractivity contribution < 1.29 is 18.1 Å². The van der Waals surface area contributed by atoms with E-state index >= 15 is 0 Å². The molecule has 0 amide bonds. The number of aromatic nitrogens is 1. The van der Waals surface area contributed by atoms with E-state index in [1.165, 1.54) is 12.1 Å². The molecule has 3 rings (SSSR count). The van der Waals surface area contributed by atoms with Gasteiger partial charge in [0.2, 0.25) is 0 Å². The van der Waals surface area contributed by atoms with Gasteiger partial charge in [-0.15, -0.1) is 0 Å². The molecule has 2 aromatic carbocycles. The lowest BCUT2D eigenvalue weighted by atomic mass is 10.1. The van der Waals surface area contributed by atoms with Crippen molar-refractivity contribution in [2.75, 3.05) is 0 Å². The largest absolute Gasteiger partial charge is 0.416 e. The molecule has 0 aliphatic heterocycles. The summed E-state index contributed by atoms with van der Waals surface area (Å²) in [5, 5.41) is 10.7. The molecule has 0 unspecified atom stereocenters. The molecular formula is C16H8ClF3N2O3. The molecule has 9 heteroatoms. The van der Waals surface area contributed by atoms with Crippen molar-refractivity contribution in [3.8, 4) is 5.69 Å². The molecular weight excluding hydrogens is 361 g/mol. The van der Waals surface area contributed by atoms with Gasteiger partial charge in [0, 0.05) is 11.1 Å². The maximum Gasteiger partial charge on any atom is 0.416 e. The third-order valence-corrected chi connectivity index (χ3v) is 4.00. The van der Waals surface area contributed by atoms with Crippen molar-refractivity contribution in [3.63, 3.8) is 0 Å². The second-order valence-electron chi connectivity index (χ2n) is 5.13. The number of pyridine rings is 1. The van der Waals surface area contributed by atoms with Crippen molar-refractivity contribution >= 4 is 28.2 Å². The van der Waals surface area contributed by atoms with Crippen LogP contribution in [0, 0.1) is 10.1 Å². The molecule has 0 radical (unpaired) electrons. The fraction of sp³-hybridized carbons (Fsp3) is 0.0625. The minimum atomic E-state index is -4.64. The van der Waals surface area contributed by atoms with Crippen molar-refractivity contribution in [1.29, 1.82) is 0 Å². The third kappa shape index (κ3) is 2.85. The number of fused-ring (bicyclic) bond motifs is 1. The van der Waals surface area contributed by atoms with E-state index in [0.717, 1.165) is 22.8 Å². The highest BCUT2D eigenvalue weighted by Gasteiger charge is 2.32. The maximum absolute atomic E-state index is 13.0. The summed E-state index contributed by atoms with van der Waals surface area (Å²) in [7, 11) is 0. The highest BCUT2D eigenvalue weighted by atomic mass is 35.5. The summed E-state index contributed by atoms with van der Waals surface area (Å²) in [6, 6.07) is 10.2. The molecule has 0 N–H and O–H groups in total. The Labute approximate surface area is 143 Å². The van der Waals surface area contributed by atoms with E-state index in [-0.39, 0.29) is 16.6 Å². The van der Waals surface area contributed by atoms with Crippen LogP contribution in [0.5, 0.6) is 0 Å². The van der Waals surface area contributed by atoms with Gasteiger partial charge in [-0.1, -0.05) is 35.9 Å². The number of para-hydroxylation sites is 1. The van der Waals surface area contributed by atoms with Crippen LogP contribution in [0.2, 0.25) is 5.02 Å². The van der Waals surface area contributed by atoms with Crippen LogP contribution in [-0.2, 0) is 6.18 Å². The van der Waals surface area contributed by atoms with Gasteiger partial charge in [0.1, 0.15) is 5.02 Å². The van der Waals surface area contributed by atoms with Crippen molar-refractivity contribution in [2.45, 2.75) is 6.18 Å². The number of hydrogen-bond acceptors (Lipinski definition) is 3. The zero-order valence-electron chi connectivity index (χ0n) is 12.2. The number of nitro groups is 1. The van der Waals surface area contributed by atoms with E-state index in [0.29, 0.717) is 0 Å². The Hall–Kier alpha value is -2.87. The van der Waals surface area contributed by atoms with Gasteiger partial charge in [-0.05, 0) is 24.3 Å². The van der Waals surface area contributed by atoms with Gasteiger partial charge in [-0.2, -0.15) is 13.2 Å². The number of nitrogens with zero attached hydrogens (tertiary/aromatic N) is 2. The Morgan fingerprint density at radius 3 is 2.28 bits per heavy atom. The van der Waals surface area contributed by atoms with Gasteiger partial charge in [-0.3, -0.25) is 19.5 Å². The van der Waals surface area contributed by atoms with E-state index in [1.54, 1.807) is 18.2 Å². The monoisotopic (exact) mass is 368 g/mol. The van der Waals surface area contributed by atoms with Gasteiger partial charge in [0.15, 0.2) is 0 Å². The van der Waals surface area contributed by atoms with Crippen molar-refractivity contribution in [1.82, 2.24) is 4.57 Å². The molecule has 0 aliphatic rings. The molecule has 0 spiro atoms. The standard InChI is InChI=1S/C16H8ClF3N2O3/c17-13-11-7-6-9(16(18,19)20)8-12(11)21(10-4-2-1-3-5-10)15(23)14(13)22(24)25/h1-8H. The first-order valence-electron chi connectivity index (χ1n) is 6.87. The molecule has 3 aromatic rings. The van der Waals surface area contributed by atoms with Crippen LogP contribution in [0.4, 0.5) is 18.9 Å². The summed E-state index contributed by atoms with van der Waals surface area (Å²) in [6.07, 6.45) is -4.64. The summed E-state index contributed by atoms with van der Waals surface area (Å²) in [5.74, 6) is 0. The Balaban J connectivity index is 2.53. The SMILES string of the molecule is O=c1c([N+](=O)[O-])c(Cl)c2ccc(C(F)(F)F)cc2n1-c1ccccc1. The molecule has 0 saturated heterocycles. The number of hydrogen-bond donors (Lipinski definition) is 0. The molecule has 25 heavy (non-hydrogen) atoms. The van der Waals surface area contributed by atoms with Gasteiger partial charge in [0.05, 0.1) is 16.0 Å². The van der Waals surface area contributed by atoms with E-state index in [4.69, 9.17) is 11.6 Å². The molecule has 0 fully saturated rings. The lowest BCUT2D eigenvalue weighted by Gasteiger charge is -2.14. The molecule has 5 nitrogen and oxygen atoms in total. The lowest BCUT2D eigenvalue weighted by Crippen LogP contribution is -2.22. The van der Waals surface area contributed by atoms with Crippen LogP contribution in [0.25, 0.3) is 16.6 Å². The molecule has 0 atom stereocenters. The van der Waals surface area contributed by atoms with Crippen molar-refractivity contribution in [2.24, 2.45) is 0 Å². The topological polar surface area (TPSA) is 65.1 Å². The molecule has 1 aromatic heterocycles. The molecule has 0 saturated carbocycles. The fourth-order valence-electron chi connectivity index (χ4n) is 2.51. The average molecular weight is 369 g/mol. The predicted molar refractivity (Wildman–Crippen MR) is 86.2 cm³/mol. The van der Waals surface area contributed by atoms with Crippen LogP contribution in [0.1, 0.15) is 5.56 Å². The van der Waals surface area contributed by atoms with Crippen LogP contribution in [-0.4, -0.2) is 9.49 Å². The third-order valence-electron chi connectivity index (χ3n) is 3.61. The minimum Gasteiger partial charge on any atom is -0.271 e. The second kappa shape index (κ2) is 5.89. The Morgan fingerprint density at radius 1 is 1.08 bits per heavy atom. The summed E-state index contributed by atoms with van der Waals surface area (Å²) >= 11 is 5.93. The Morgan fingerprint density at radius 2 is 1.72 bits per heavy atom. The van der Waals surface area contributed by atoms with E-state index in [1.807, 2.05) is 0 Å². The highest BCUT2D eigenvalue weighted by Crippen LogP contribution is 2.35. The van der Waals surface area contributed by atoms with Crippen LogP contribution in [0.15, 0.2) is 53.3 Å². The molecule has 0 bridgehead atoms. The number of rotatable bonds is 2. The summed E-state index contributed by atoms with van der Waals surface area (Å²) in [5.41, 5.74) is -2.96. The maximum atomic E-state index is 13.0. The first-order valence-corrected chi connectivity index (χ1v) is 7.25. The van der Waals surface area contributed by atoms with E-state index in [2.05, 4.69) is 0 Å². The smallest absolute Gasteiger partial charge is 0.271 e. The van der Waals surface area contributed by atoms with E-state index < -0.39 is 32.9 Å². The molecule has 0 aliphatic carbocycles. The normalized spacial score (nSPS) is 11.7. The first-order chi connectivity index (χ1) is 11.7. The first kappa shape index (κ1) is 17.0. The van der Waals surface area contributed by atoms with Crippen LogP contribution < -0.4 is 5.56 Å². The fourth-order valence-corrected chi connectivity index (χ4v) is 2.82.